The Bertz CT molecular complexity index is 745. The molecule has 1 aliphatic carbocycles. The average molecular weight is 420 g/mol. The molecular formula is C23H33NO6. The van der Waals surface area contributed by atoms with E-state index in [0.717, 1.165) is 24.2 Å². The van der Waals surface area contributed by atoms with Crippen molar-refractivity contribution in [3.8, 4) is 11.5 Å². The van der Waals surface area contributed by atoms with Crippen LogP contribution < -0.4 is 9.47 Å². The summed E-state index contributed by atoms with van der Waals surface area (Å²) in [6.07, 6.45) is 4.96. The molecule has 1 N–H and O–H groups in total. The van der Waals surface area contributed by atoms with Gasteiger partial charge < -0.3 is 24.2 Å². The summed E-state index contributed by atoms with van der Waals surface area (Å²) in [5.41, 5.74) is 0.503. The van der Waals surface area contributed by atoms with Crippen LogP contribution in [0.4, 0.5) is 0 Å². The highest BCUT2D eigenvalue weighted by molar-refractivity contribution is 5.72. The Morgan fingerprint density at radius 3 is 2.70 bits per heavy atom. The smallest absolute Gasteiger partial charge is 0.325 e. The molecule has 1 aromatic carbocycles. The van der Waals surface area contributed by atoms with Gasteiger partial charge in [-0.25, -0.2) is 0 Å². The van der Waals surface area contributed by atoms with Gasteiger partial charge in [0.1, 0.15) is 6.29 Å². The van der Waals surface area contributed by atoms with E-state index in [2.05, 4.69) is 0 Å². The van der Waals surface area contributed by atoms with Gasteiger partial charge in [0.15, 0.2) is 11.5 Å². The van der Waals surface area contributed by atoms with Crippen LogP contribution in [0.25, 0.3) is 0 Å². The van der Waals surface area contributed by atoms with Crippen LogP contribution in [0.15, 0.2) is 18.2 Å². The Kier molecular flexibility index (Phi) is 7.36. The van der Waals surface area contributed by atoms with Crippen LogP contribution in [0.1, 0.15) is 63.9 Å². The normalized spacial score (nSPS) is 25.8. The molecule has 30 heavy (non-hydrogen) atoms. The summed E-state index contributed by atoms with van der Waals surface area (Å²) in [5, 5.41) is 12.2. The number of methoxy groups -OCH3 is 1. The van der Waals surface area contributed by atoms with Gasteiger partial charge in [0.05, 0.1) is 25.7 Å². The summed E-state index contributed by atoms with van der Waals surface area (Å²) in [6.45, 7) is 4.64. The Morgan fingerprint density at radius 2 is 2.07 bits per heavy atom. The molecule has 1 saturated carbocycles. The number of aliphatic hydroxyl groups excluding tert-OH is 1. The standard InChI is InChI=1S/C23H33NO6/c1-16(26)23(2)15-24(30-22(27)9-6-12-25)14-19(23)17-10-11-20(28-3)21(13-17)29-18-7-4-5-8-18/h10-13,16,18-19,26H,4-9,14-15H2,1-3H3. The van der Waals surface area contributed by atoms with Gasteiger partial charge in [0.25, 0.3) is 0 Å². The second-order valence-corrected chi connectivity index (χ2v) is 8.66. The van der Waals surface area contributed by atoms with Crippen molar-refractivity contribution in [2.24, 2.45) is 5.41 Å². The monoisotopic (exact) mass is 419 g/mol. The SMILES string of the molecule is COc1ccc(C2CN(OC(=O)CCC=O)CC2(C)C(C)O)cc1OC1CCCC1. The zero-order valence-electron chi connectivity index (χ0n) is 18.1. The van der Waals surface area contributed by atoms with E-state index in [1.807, 2.05) is 25.1 Å². The van der Waals surface area contributed by atoms with Crippen LogP contribution in [0.3, 0.4) is 0 Å². The van der Waals surface area contributed by atoms with Gasteiger partial charge in [-0.2, -0.15) is 0 Å². The molecule has 7 nitrogen and oxygen atoms in total. The van der Waals surface area contributed by atoms with Crippen LogP contribution in [-0.4, -0.2) is 54.8 Å². The number of carbonyl (C=O) groups is 2. The molecule has 1 aliphatic heterocycles. The summed E-state index contributed by atoms with van der Waals surface area (Å²) < 4.78 is 11.7. The van der Waals surface area contributed by atoms with Gasteiger partial charge in [-0.3, -0.25) is 4.79 Å². The van der Waals surface area contributed by atoms with Crippen molar-refractivity contribution in [2.75, 3.05) is 20.2 Å². The lowest BCUT2D eigenvalue weighted by atomic mass is 9.72. The third-order valence-electron chi connectivity index (χ3n) is 6.54. The fourth-order valence-electron chi connectivity index (χ4n) is 4.50. The number of carbonyl (C=O) groups excluding carboxylic acids is 2. The predicted molar refractivity (Wildman–Crippen MR) is 111 cm³/mol. The van der Waals surface area contributed by atoms with Crippen LogP contribution >= 0.6 is 0 Å². The second-order valence-electron chi connectivity index (χ2n) is 8.66. The minimum absolute atomic E-state index is 0.0535. The van der Waals surface area contributed by atoms with E-state index < -0.39 is 17.5 Å². The topological polar surface area (TPSA) is 85.3 Å². The van der Waals surface area contributed by atoms with Crippen molar-refractivity contribution in [1.82, 2.24) is 5.06 Å². The maximum atomic E-state index is 12.0. The number of nitrogens with zero attached hydrogens (tertiary/aromatic N) is 1. The van der Waals surface area contributed by atoms with Crippen molar-refractivity contribution < 1.29 is 29.0 Å². The van der Waals surface area contributed by atoms with E-state index in [0.29, 0.717) is 25.1 Å². The van der Waals surface area contributed by atoms with E-state index in [4.69, 9.17) is 14.3 Å². The summed E-state index contributed by atoms with van der Waals surface area (Å²) in [6, 6.07) is 5.89. The molecule has 7 heteroatoms. The summed E-state index contributed by atoms with van der Waals surface area (Å²) >= 11 is 0. The number of hydroxylamine groups is 2. The van der Waals surface area contributed by atoms with Gasteiger partial charge >= 0.3 is 5.97 Å². The summed E-state index contributed by atoms with van der Waals surface area (Å²) in [7, 11) is 1.63. The van der Waals surface area contributed by atoms with Gasteiger partial charge in [0.2, 0.25) is 0 Å². The van der Waals surface area contributed by atoms with Crippen LogP contribution in [0, 0.1) is 5.41 Å². The first-order valence-corrected chi connectivity index (χ1v) is 10.8. The second kappa shape index (κ2) is 9.79. The van der Waals surface area contributed by atoms with Crippen molar-refractivity contribution in [3.63, 3.8) is 0 Å². The van der Waals surface area contributed by atoms with Crippen molar-refractivity contribution >= 4 is 12.3 Å². The molecule has 3 unspecified atom stereocenters. The highest BCUT2D eigenvalue weighted by atomic mass is 16.7. The van der Waals surface area contributed by atoms with Gasteiger partial charge in [-0.05, 0) is 50.3 Å². The van der Waals surface area contributed by atoms with Gasteiger partial charge in [0, 0.05) is 30.8 Å². The molecule has 1 heterocycles. The van der Waals surface area contributed by atoms with E-state index in [9.17, 15) is 14.7 Å². The minimum Gasteiger partial charge on any atom is -0.493 e. The average Bonchev–Trinajstić information content (AvgIpc) is 3.34. The van der Waals surface area contributed by atoms with E-state index >= 15 is 0 Å². The largest absolute Gasteiger partial charge is 0.493 e. The molecular weight excluding hydrogens is 386 g/mol. The highest BCUT2D eigenvalue weighted by Crippen LogP contribution is 2.47. The maximum absolute atomic E-state index is 12.0. The molecule has 0 bridgehead atoms. The summed E-state index contributed by atoms with van der Waals surface area (Å²) in [4.78, 5) is 28.0. The zero-order chi connectivity index (χ0) is 21.7. The third kappa shape index (κ3) is 4.95. The Hall–Kier alpha value is -2.12. The first kappa shape index (κ1) is 22.6. The molecule has 0 radical (unpaired) electrons. The molecule has 2 fully saturated rings. The van der Waals surface area contributed by atoms with Crippen molar-refractivity contribution in [1.29, 1.82) is 0 Å². The zero-order valence-corrected chi connectivity index (χ0v) is 18.1. The molecule has 166 valence electrons. The van der Waals surface area contributed by atoms with Crippen LogP contribution in [0.5, 0.6) is 11.5 Å². The summed E-state index contributed by atoms with van der Waals surface area (Å²) in [5.74, 6) is 0.916. The number of aldehydes is 1. The maximum Gasteiger partial charge on any atom is 0.325 e. The lowest BCUT2D eigenvalue weighted by Crippen LogP contribution is -2.37. The molecule has 2 aliphatic rings. The minimum atomic E-state index is -0.609. The predicted octanol–water partition coefficient (Wildman–Crippen LogP) is 3.24. The van der Waals surface area contributed by atoms with Crippen LogP contribution in [-0.2, 0) is 14.4 Å². The Morgan fingerprint density at radius 1 is 1.33 bits per heavy atom. The quantitative estimate of drug-likeness (QED) is 0.615. The Balaban J connectivity index is 1.82. The van der Waals surface area contributed by atoms with Crippen molar-refractivity contribution in [3.05, 3.63) is 23.8 Å². The molecule has 1 aromatic rings. The number of benzene rings is 1. The Labute approximate surface area is 178 Å². The van der Waals surface area contributed by atoms with Gasteiger partial charge in [-0.1, -0.05) is 13.0 Å². The molecule has 3 rings (SSSR count). The molecule has 0 amide bonds. The van der Waals surface area contributed by atoms with Crippen LogP contribution in [0.2, 0.25) is 0 Å². The molecule has 1 saturated heterocycles. The third-order valence-corrected chi connectivity index (χ3v) is 6.54. The van der Waals surface area contributed by atoms with E-state index in [1.54, 1.807) is 19.1 Å². The molecule has 0 spiro atoms. The van der Waals surface area contributed by atoms with E-state index in [-0.39, 0.29) is 24.9 Å². The first-order chi connectivity index (χ1) is 14.4. The fraction of sp³-hybridized carbons (Fsp3) is 0.652. The highest BCUT2D eigenvalue weighted by Gasteiger charge is 2.48. The number of aliphatic hydroxyl groups is 1. The van der Waals surface area contributed by atoms with E-state index in [1.165, 1.54) is 12.8 Å². The van der Waals surface area contributed by atoms with Crippen molar-refractivity contribution in [2.45, 2.75) is 70.5 Å². The number of rotatable bonds is 9. The lowest BCUT2D eigenvalue weighted by molar-refractivity contribution is -0.188. The molecule has 3 atom stereocenters. The first-order valence-electron chi connectivity index (χ1n) is 10.8. The fourth-order valence-corrected chi connectivity index (χ4v) is 4.50. The lowest BCUT2D eigenvalue weighted by Gasteiger charge is -2.33. The number of ether oxygens (including phenoxy) is 2. The van der Waals surface area contributed by atoms with Gasteiger partial charge in [-0.15, -0.1) is 5.06 Å². The number of hydrogen-bond donors (Lipinski definition) is 1. The number of hydrogen-bond acceptors (Lipinski definition) is 7. The molecule has 0 aromatic heterocycles.